The lowest BCUT2D eigenvalue weighted by molar-refractivity contribution is -0.128. The fourth-order valence-electron chi connectivity index (χ4n) is 2.24. The van der Waals surface area contributed by atoms with Crippen LogP contribution in [0.25, 0.3) is 0 Å². The number of hydrogen-bond acceptors (Lipinski definition) is 3. The Morgan fingerprint density at radius 2 is 2.20 bits per heavy atom. The van der Waals surface area contributed by atoms with E-state index in [0.717, 1.165) is 38.4 Å². The van der Waals surface area contributed by atoms with Crippen LogP contribution in [-0.4, -0.2) is 42.7 Å². The van der Waals surface area contributed by atoms with Crippen LogP contribution in [0.15, 0.2) is 24.3 Å². The Morgan fingerprint density at radius 3 is 3.00 bits per heavy atom. The van der Waals surface area contributed by atoms with Crippen molar-refractivity contribution in [1.29, 1.82) is 0 Å². The van der Waals surface area contributed by atoms with Crippen LogP contribution in [0, 0.1) is 6.92 Å². The average molecular weight is 315 g/mol. The van der Waals surface area contributed by atoms with Gasteiger partial charge in [0, 0.05) is 25.4 Å². The van der Waals surface area contributed by atoms with Gasteiger partial charge in [0.05, 0.1) is 5.75 Å². The molecule has 3 nitrogen and oxygen atoms in total. The van der Waals surface area contributed by atoms with Gasteiger partial charge in [-0.25, -0.2) is 0 Å². The third kappa shape index (κ3) is 5.73. The molecule has 1 fully saturated rings. The molecular formula is C15H23ClN2OS. The van der Waals surface area contributed by atoms with E-state index < -0.39 is 0 Å². The third-order valence-electron chi connectivity index (χ3n) is 3.27. The van der Waals surface area contributed by atoms with Gasteiger partial charge in [-0.1, -0.05) is 29.8 Å². The number of hydrogen-bond donors (Lipinski definition) is 1. The molecule has 1 amide bonds. The van der Waals surface area contributed by atoms with Gasteiger partial charge in [0.2, 0.25) is 5.91 Å². The van der Waals surface area contributed by atoms with Gasteiger partial charge in [-0.2, -0.15) is 0 Å². The summed E-state index contributed by atoms with van der Waals surface area (Å²) in [7, 11) is 0. The minimum absolute atomic E-state index is 0. The fraction of sp³-hybridized carbons (Fsp3) is 0.533. The quantitative estimate of drug-likeness (QED) is 0.926. The van der Waals surface area contributed by atoms with E-state index in [0.29, 0.717) is 5.75 Å². The van der Waals surface area contributed by atoms with E-state index in [1.807, 2.05) is 4.90 Å². The summed E-state index contributed by atoms with van der Waals surface area (Å²) in [6.45, 7) is 5.80. The second kappa shape index (κ2) is 9.27. The number of nitrogens with zero attached hydrogens (tertiary/aromatic N) is 1. The molecule has 1 N–H and O–H groups in total. The number of nitrogens with one attached hydrogen (secondary N) is 1. The van der Waals surface area contributed by atoms with Gasteiger partial charge in [-0.15, -0.1) is 24.2 Å². The average Bonchev–Trinajstić information content (AvgIpc) is 2.67. The smallest absolute Gasteiger partial charge is 0.232 e. The fourth-order valence-corrected chi connectivity index (χ4v) is 3.12. The van der Waals surface area contributed by atoms with Gasteiger partial charge in [0.25, 0.3) is 0 Å². The molecule has 0 aromatic heterocycles. The molecule has 1 saturated heterocycles. The largest absolute Gasteiger partial charge is 0.341 e. The number of carbonyl (C=O) groups excluding carboxylic acids is 1. The summed E-state index contributed by atoms with van der Waals surface area (Å²) in [4.78, 5) is 14.1. The Morgan fingerprint density at radius 1 is 1.35 bits per heavy atom. The van der Waals surface area contributed by atoms with Crippen LogP contribution in [0.5, 0.6) is 0 Å². The van der Waals surface area contributed by atoms with Crippen LogP contribution in [0.3, 0.4) is 0 Å². The predicted molar refractivity (Wildman–Crippen MR) is 88.7 cm³/mol. The number of thioether (sulfide) groups is 1. The van der Waals surface area contributed by atoms with Crippen LogP contribution in [0.2, 0.25) is 0 Å². The predicted octanol–water partition coefficient (Wildman–Crippen LogP) is 2.47. The van der Waals surface area contributed by atoms with Crippen molar-refractivity contribution in [2.75, 3.05) is 31.9 Å². The highest BCUT2D eigenvalue weighted by Crippen LogP contribution is 2.14. The summed E-state index contributed by atoms with van der Waals surface area (Å²) in [5, 5.41) is 3.32. The Balaban J connectivity index is 0.00000200. The van der Waals surface area contributed by atoms with Crippen molar-refractivity contribution in [1.82, 2.24) is 10.2 Å². The summed E-state index contributed by atoms with van der Waals surface area (Å²) in [6, 6.07) is 8.49. The van der Waals surface area contributed by atoms with Crippen LogP contribution >= 0.6 is 24.2 Å². The molecule has 0 unspecified atom stereocenters. The number of carbonyl (C=O) groups is 1. The summed E-state index contributed by atoms with van der Waals surface area (Å²) in [6.07, 6.45) is 1.06. The normalized spacial score (nSPS) is 15.3. The molecule has 0 radical (unpaired) electrons. The maximum absolute atomic E-state index is 12.1. The maximum atomic E-state index is 12.1. The number of halogens is 1. The van der Waals surface area contributed by atoms with Crippen LogP contribution in [-0.2, 0) is 10.5 Å². The first-order chi connectivity index (χ1) is 9.25. The van der Waals surface area contributed by atoms with Crippen molar-refractivity contribution in [3.63, 3.8) is 0 Å². The summed E-state index contributed by atoms with van der Waals surface area (Å²) < 4.78 is 0. The van der Waals surface area contributed by atoms with Crippen molar-refractivity contribution in [2.45, 2.75) is 19.1 Å². The van der Waals surface area contributed by atoms with E-state index in [-0.39, 0.29) is 18.3 Å². The Hall–Kier alpha value is -0.710. The molecular weight excluding hydrogens is 292 g/mol. The van der Waals surface area contributed by atoms with E-state index in [1.54, 1.807) is 11.8 Å². The zero-order chi connectivity index (χ0) is 13.5. The van der Waals surface area contributed by atoms with Gasteiger partial charge in [-0.3, -0.25) is 4.79 Å². The monoisotopic (exact) mass is 314 g/mol. The lowest BCUT2D eigenvalue weighted by Gasteiger charge is -2.19. The highest BCUT2D eigenvalue weighted by molar-refractivity contribution is 7.99. The molecule has 0 bridgehead atoms. The van der Waals surface area contributed by atoms with Gasteiger partial charge >= 0.3 is 0 Å². The van der Waals surface area contributed by atoms with Crippen molar-refractivity contribution in [3.8, 4) is 0 Å². The Labute approximate surface area is 131 Å². The lowest BCUT2D eigenvalue weighted by atomic mass is 10.2. The van der Waals surface area contributed by atoms with Crippen LogP contribution < -0.4 is 5.32 Å². The number of amides is 1. The van der Waals surface area contributed by atoms with E-state index in [2.05, 4.69) is 36.5 Å². The zero-order valence-corrected chi connectivity index (χ0v) is 13.6. The molecule has 112 valence electrons. The van der Waals surface area contributed by atoms with Crippen molar-refractivity contribution >= 4 is 30.1 Å². The molecule has 1 aliphatic rings. The molecule has 5 heteroatoms. The molecule has 20 heavy (non-hydrogen) atoms. The van der Waals surface area contributed by atoms with Crippen molar-refractivity contribution in [2.24, 2.45) is 0 Å². The molecule has 2 rings (SSSR count). The van der Waals surface area contributed by atoms with E-state index in [1.165, 1.54) is 11.1 Å². The minimum Gasteiger partial charge on any atom is -0.341 e. The van der Waals surface area contributed by atoms with E-state index in [9.17, 15) is 4.79 Å². The van der Waals surface area contributed by atoms with E-state index in [4.69, 9.17) is 0 Å². The van der Waals surface area contributed by atoms with Gasteiger partial charge < -0.3 is 10.2 Å². The SMILES string of the molecule is Cc1cccc(CSCC(=O)N2CCCNCC2)c1.Cl. The second-order valence-electron chi connectivity index (χ2n) is 4.97. The van der Waals surface area contributed by atoms with Crippen molar-refractivity contribution < 1.29 is 4.79 Å². The molecule has 1 aromatic rings. The number of benzene rings is 1. The van der Waals surface area contributed by atoms with Crippen molar-refractivity contribution in [3.05, 3.63) is 35.4 Å². The molecule has 1 aromatic carbocycles. The summed E-state index contributed by atoms with van der Waals surface area (Å²) >= 11 is 1.71. The third-order valence-corrected chi connectivity index (χ3v) is 4.26. The molecule has 0 saturated carbocycles. The molecule has 1 heterocycles. The standard InChI is InChI=1S/C15H22N2OS.ClH/c1-13-4-2-5-14(10-13)11-19-12-15(18)17-8-3-6-16-7-9-17;/h2,4-5,10,16H,3,6-9,11-12H2,1H3;1H. The first-order valence-electron chi connectivity index (χ1n) is 6.87. The lowest BCUT2D eigenvalue weighted by Crippen LogP contribution is -2.35. The van der Waals surface area contributed by atoms with Gasteiger partial charge in [-0.05, 0) is 25.5 Å². The molecule has 0 spiro atoms. The van der Waals surface area contributed by atoms with E-state index >= 15 is 0 Å². The summed E-state index contributed by atoms with van der Waals surface area (Å²) in [5.74, 6) is 1.79. The Bertz CT molecular complexity index is 420. The van der Waals surface area contributed by atoms with Crippen LogP contribution in [0.1, 0.15) is 17.5 Å². The molecule has 1 aliphatic heterocycles. The highest BCUT2D eigenvalue weighted by Gasteiger charge is 2.14. The molecule has 0 aliphatic carbocycles. The highest BCUT2D eigenvalue weighted by atomic mass is 35.5. The first kappa shape index (κ1) is 17.3. The Kier molecular flexibility index (Phi) is 8.04. The maximum Gasteiger partial charge on any atom is 0.232 e. The second-order valence-corrected chi connectivity index (χ2v) is 5.95. The molecule has 0 atom stereocenters. The number of rotatable bonds is 4. The topological polar surface area (TPSA) is 32.3 Å². The van der Waals surface area contributed by atoms with Crippen LogP contribution in [0.4, 0.5) is 0 Å². The first-order valence-corrected chi connectivity index (χ1v) is 8.03. The number of aryl methyl sites for hydroxylation is 1. The van der Waals surface area contributed by atoms with Gasteiger partial charge in [0.1, 0.15) is 0 Å². The van der Waals surface area contributed by atoms with Gasteiger partial charge in [0.15, 0.2) is 0 Å². The minimum atomic E-state index is 0. The summed E-state index contributed by atoms with van der Waals surface area (Å²) in [5.41, 5.74) is 2.58. The zero-order valence-electron chi connectivity index (χ0n) is 11.9.